The number of carboxylic acids is 1. The van der Waals surface area contributed by atoms with Gasteiger partial charge in [-0.2, -0.15) is 0 Å². The van der Waals surface area contributed by atoms with Crippen LogP contribution in [0.4, 0.5) is 0 Å². The highest BCUT2D eigenvalue weighted by atomic mass is 16.4. The van der Waals surface area contributed by atoms with Crippen LogP contribution in [0.2, 0.25) is 0 Å². The zero-order valence-electron chi connectivity index (χ0n) is 9.49. The van der Waals surface area contributed by atoms with E-state index >= 15 is 0 Å². The van der Waals surface area contributed by atoms with Crippen LogP contribution < -0.4 is 0 Å². The van der Waals surface area contributed by atoms with E-state index in [0.29, 0.717) is 25.2 Å². The molecule has 86 valence electrons. The minimum Gasteiger partial charge on any atom is -0.481 e. The first-order chi connectivity index (χ1) is 6.92. The summed E-state index contributed by atoms with van der Waals surface area (Å²) in [6.45, 7) is 4.10. The van der Waals surface area contributed by atoms with Gasteiger partial charge in [-0.3, -0.25) is 4.79 Å². The summed E-state index contributed by atoms with van der Waals surface area (Å²) in [4.78, 5) is 11.3. The third-order valence-electron chi connectivity index (χ3n) is 4.62. The molecule has 0 aliphatic heterocycles. The van der Waals surface area contributed by atoms with E-state index in [1.165, 1.54) is 0 Å². The van der Waals surface area contributed by atoms with Gasteiger partial charge in [0.2, 0.25) is 0 Å². The van der Waals surface area contributed by atoms with Crippen LogP contribution in [-0.2, 0) is 4.79 Å². The fourth-order valence-corrected chi connectivity index (χ4v) is 3.26. The smallest absolute Gasteiger partial charge is 0.312 e. The van der Waals surface area contributed by atoms with E-state index in [-0.39, 0.29) is 5.92 Å². The van der Waals surface area contributed by atoms with E-state index in [1.54, 1.807) is 0 Å². The van der Waals surface area contributed by atoms with Crippen molar-refractivity contribution < 1.29 is 15.0 Å². The largest absolute Gasteiger partial charge is 0.481 e. The highest BCUT2D eigenvalue weighted by Crippen LogP contribution is 2.63. The molecule has 2 aliphatic carbocycles. The molecule has 3 nitrogen and oxygen atoms in total. The van der Waals surface area contributed by atoms with E-state index < -0.39 is 17.0 Å². The highest BCUT2D eigenvalue weighted by Gasteiger charge is 2.69. The zero-order chi connectivity index (χ0) is 11.3. The normalized spacial score (nSPS) is 50.1. The quantitative estimate of drug-likeness (QED) is 0.736. The third-order valence-corrected chi connectivity index (χ3v) is 4.62. The maximum Gasteiger partial charge on any atom is 0.312 e. The first-order valence-electron chi connectivity index (χ1n) is 5.88. The summed E-state index contributed by atoms with van der Waals surface area (Å²) in [5.74, 6) is -0.0364. The van der Waals surface area contributed by atoms with Gasteiger partial charge >= 0.3 is 5.97 Å². The van der Waals surface area contributed by atoms with E-state index in [9.17, 15) is 15.0 Å². The van der Waals surface area contributed by atoms with Crippen molar-refractivity contribution in [3.05, 3.63) is 0 Å². The van der Waals surface area contributed by atoms with Crippen molar-refractivity contribution in [2.75, 3.05) is 0 Å². The van der Waals surface area contributed by atoms with Gasteiger partial charge in [0.05, 0.1) is 11.0 Å². The number of hydrogen-bond donors (Lipinski definition) is 2. The molecule has 2 aliphatic rings. The van der Waals surface area contributed by atoms with Crippen LogP contribution in [0.5, 0.6) is 0 Å². The molecule has 0 aromatic heterocycles. The molecular formula is C12H20O3. The lowest BCUT2D eigenvalue weighted by molar-refractivity contribution is -0.161. The van der Waals surface area contributed by atoms with Crippen LogP contribution >= 0.6 is 0 Å². The summed E-state index contributed by atoms with van der Waals surface area (Å²) < 4.78 is 0. The molecule has 0 saturated heterocycles. The van der Waals surface area contributed by atoms with Crippen molar-refractivity contribution in [2.45, 2.75) is 51.6 Å². The van der Waals surface area contributed by atoms with Crippen LogP contribution in [0.1, 0.15) is 46.0 Å². The van der Waals surface area contributed by atoms with Crippen LogP contribution in [0, 0.1) is 17.3 Å². The molecular weight excluding hydrogens is 192 g/mol. The van der Waals surface area contributed by atoms with Gasteiger partial charge in [0.25, 0.3) is 0 Å². The van der Waals surface area contributed by atoms with Crippen LogP contribution in [-0.4, -0.2) is 21.8 Å². The minimum atomic E-state index is -0.940. The van der Waals surface area contributed by atoms with Crippen molar-refractivity contribution in [3.8, 4) is 0 Å². The van der Waals surface area contributed by atoms with Gasteiger partial charge in [-0.05, 0) is 43.9 Å². The Morgan fingerprint density at radius 1 is 1.27 bits per heavy atom. The number of aliphatic carboxylic acids is 1. The van der Waals surface area contributed by atoms with Crippen LogP contribution in [0.25, 0.3) is 0 Å². The molecule has 0 spiro atoms. The second-order valence-corrected chi connectivity index (χ2v) is 5.60. The van der Waals surface area contributed by atoms with Crippen molar-refractivity contribution >= 4 is 5.97 Å². The van der Waals surface area contributed by atoms with Gasteiger partial charge in [0.1, 0.15) is 0 Å². The van der Waals surface area contributed by atoms with Gasteiger partial charge in [-0.15, -0.1) is 0 Å². The van der Waals surface area contributed by atoms with Gasteiger partial charge < -0.3 is 10.2 Å². The van der Waals surface area contributed by atoms with Crippen molar-refractivity contribution in [1.29, 1.82) is 0 Å². The first kappa shape index (κ1) is 10.9. The van der Waals surface area contributed by atoms with E-state index in [2.05, 4.69) is 6.92 Å². The Morgan fingerprint density at radius 3 is 2.07 bits per heavy atom. The van der Waals surface area contributed by atoms with Gasteiger partial charge in [0.15, 0.2) is 0 Å². The topological polar surface area (TPSA) is 57.5 Å². The second-order valence-electron chi connectivity index (χ2n) is 5.60. The number of carbonyl (C=O) groups is 1. The van der Waals surface area contributed by atoms with E-state index in [0.717, 1.165) is 12.8 Å². The maximum absolute atomic E-state index is 11.3. The fraction of sp³-hybridized carbons (Fsp3) is 0.917. The Balaban J connectivity index is 2.19. The lowest BCUT2D eigenvalue weighted by Gasteiger charge is -2.40. The maximum atomic E-state index is 11.3. The predicted molar refractivity (Wildman–Crippen MR) is 56.4 cm³/mol. The Kier molecular flexibility index (Phi) is 2.34. The molecule has 3 heteroatoms. The molecule has 2 saturated carbocycles. The number of hydrogen-bond acceptors (Lipinski definition) is 2. The molecule has 2 fully saturated rings. The van der Waals surface area contributed by atoms with Crippen molar-refractivity contribution in [3.63, 3.8) is 0 Å². The number of carboxylic acid groups (broad SMARTS) is 1. The Hall–Kier alpha value is -0.570. The molecule has 0 amide bonds. The summed E-state index contributed by atoms with van der Waals surface area (Å²) in [7, 11) is 0. The van der Waals surface area contributed by atoms with Crippen LogP contribution in [0.3, 0.4) is 0 Å². The third kappa shape index (κ3) is 1.40. The zero-order valence-corrected chi connectivity index (χ0v) is 9.49. The average molecular weight is 212 g/mol. The predicted octanol–water partition coefficient (Wildman–Crippen LogP) is 2.04. The molecule has 2 rings (SSSR count). The van der Waals surface area contributed by atoms with Crippen molar-refractivity contribution in [1.82, 2.24) is 0 Å². The molecule has 15 heavy (non-hydrogen) atoms. The summed E-state index contributed by atoms with van der Waals surface area (Å²) in [5.41, 5.74) is -1.77. The standard InChI is InChI=1S/C12H20O3/c1-8-3-5-11(15,6-4-8)12(10(13)14)7-9(12)2/h8-9,15H,3-7H2,1-2H3,(H,13,14). The summed E-state index contributed by atoms with van der Waals surface area (Å²) >= 11 is 0. The number of aliphatic hydroxyl groups is 1. The van der Waals surface area contributed by atoms with Crippen molar-refractivity contribution in [2.24, 2.45) is 17.3 Å². The lowest BCUT2D eigenvalue weighted by atomic mass is 9.69. The Morgan fingerprint density at radius 2 is 1.73 bits per heavy atom. The van der Waals surface area contributed by atoms with Gasteiger partial charge in [-0.25, -0.2) is 0 Å². The van der Waals surface area contributed by atoms with E-state index in [1.807, 2.05) is 6.92 Å². The molecule has 2 N–H and O–H groups in total. The van der Waals surface area contributed by atoms with E-state index in [4.69, 9.17) is 0 Å². The molecule has 0 bridgehead atoms. The summed E-state index contributed by atoms with van der Waals surface area (Å²) in [6, 6.07) is 0. The minimum absolute atomic E-state index is 0.133. The average Bonchev–Trinajstić information content (AvgIpc) is 2.85. The lowest BCUT2D eigenvalue weighted by Crippen LogP contribution is -2.47. The monoisotopic (exact) mass is 212 g/mol. The van der Waals surface area contributed by atoms with Crippen LogP contribution in [0.15, 0.2) is 0 Å². The SMILES string of the molecule is CC1CCC(O)(C2(C(=O)O)CC2C)CC1. The number of rotatable bonds is 2. The van der Waals surface area contributed by atoms with Gasteiger partial charge in [0, 0.05) is 0 Å². The molecule has 0 heterocycles. The summed E-state index contributed by atoms with van der Waals surface area (Å²) in [5, 5.41) is 19.8. The second kappa shape index (κ2) is 3.21. The molecule has 0 aromatic rings. The Bertz CT molecular complexity index is 279. The fourth-order valence-electron chi connectivity index (χ4n) is 3.26. The van der Waals surface area contributed by atoms with Gasteiger partial charge in [-0.1, -0.05) is 13.8 Å². The molecule has 0 radical (unpaired) electrons. The Labute approximate surface area is 90.5 Å². The molecule has 0 aromatic carbocycles. The molecule has 2 atom stereocenters. The molecule has 2 unspecified atom stereocenters. The first-order valence-corrected chi connectivity index (χ1v) is 5.88. The summed E-state index contributed by atoms with van der Waals surface area (Å²) in [6.07, 6.45) is 3.87. The highest BCUT2D eigenvalue weighted by molar-refractivity contribution is 5.80.